The maximum Gasteiger partial charge on any atom is 0.314 e. The number of quaternary nitrogens is 1. The molecule has 0 saturated carbocycles. The van der Waals surface area contributed by atoms with Gasteiger partial charge in [-0.05, 0) is 31.9 Å². The predicted molar refractivity (Wildman–Crippen MR) is 86.5 cm³/mol. The number of anilines is 1. The van der Waals surface area contributed by atoms with Crippen molar-refractivity contribution in [1.82, 2.24) is 0 Å². The zero-order chi connectivity index (χ0) is 16.7. The van der Waals surface area contributed by atoms with Crippen molar-refractivity contribution in [2.24, 2.45) is 5.92 Å². The molecule has 6 heteroatoms. The first-order valence-corrected chi connectivity index (χ1v) is 8.07. The van der Waals surface area contributed by atoms with Crippen molar-refractivity contribution < 1.29 is 24.0 Å². The van der Waals surface area contributed by atoms with Gasteiger partial charge in [-0.2, -0.15) is 0 Å². The van der Waals surface area contributed by atoms with Gasteiger partial charge in [-0.1, -0.05) is 12.1 Å². The first kappa shape index (κ1) is 17.3. The summed E-state index contributed by atoms with van der Waals surface area (Å²) in [4.78, 5) is 25.2. The Balaban J connectivity index is 1.88. The van der Waals surface area contributed by atoms with Crippen LogP contribution in [-0.4, -0.2) is 45.2 Å². The number of benzene rings is 1. The van der Waals surface area contributed by atoms with Gasteiger partial charge in [0.2, 0.25) is 0 Å². The van der Waals surface area contributed by atoms with Crippen molar-refractivity contribution in [3.05, 3.63) is 24.3 Å². The molecule has 1 fully saturated rings. The highest BCUT2D eigenvalue weighted by Gasteiger charge is 2.30. The van der Waals surface area contributed by atoms with E-state index in [0.29, 0.717) is 31.1 Å². The molecule has 0 bridgehead atoms. The van der Waals surface area contributed by atoms with Gasteiger partial charge in [0.25, 0.3) is 5.91 Å². The van der Waals surface area contributed by atoms with E-state index in [0.717, 1.165) is 24.3 Å². The molecular formula is C17H25N2O4+. The van der Waals surface area contributed by atoms with Crippen molar-refractivity contribution >= 4 is 17.6 Å². The normalized spacial score (nSPS) is 20.6. The molecule has 6 nitrogen and oxygen atoms in total. The second kappa shape index (κ2) is 8.53. The number of likely N-dealkylation sites (tertiary alicyclic amines) is 1. The number of ether oxygens (including phenoxy) is 2. The van der Waals surface area contributed by atoms with Crippen LogP contribution < -0.4 is 15.0 Å². The maximum atomic E-state index is 12.2. The highest BCUT2D eigenvalue weighted by atomic mass is 16.5. The van der Waals surface area contributed by atoms with Gasteiger partial charge in [0.1, 0.15) is 11.7 Å². The number of carbonyl (C=O) groups is 2. The fraction of sp³-hybridized carbons (Fsp3) is 0.529. The van der Waals surface area contributed by atoms with Crippen LogP contribution in [0.3, 0.4) is 0 Å². The molecule has 1 heterocycles. The molecule has 1 aromatic carbocycles. The first-order valence-electron chi connectivity index (χ1n) is 8.07. The molecule has 23 heavy (non-hydrogen) atoms. The van der Waals surface area contributed by atoms with E-state index < -0.39 is 0 Å². The second-order valence-electron chi connectivity index (χ2n) is 5.72. The number of piperidine rings is 1. The third-order valence-corrected chi connectivity index (χ3v) is 4.03. The number of nitrogens with one attached hydrogen (secondary N) is 2. The van der Waals surface area contributed by atoms with Crippen LogP contribution in [0.2, 0.25) is 0 Å². The highest BCUT2D eigenvalue weighted by Crippen LogP contribution is 2.22. The van der Waals surface area contributed by atoms with Crippen molar-refractivity contribution in [3.63, 3.8) is 0 Å². The van der Waals surface area contributed by atoms with Crippen LogP contribution in [0.1, 0.15) is 19.8 Å². The lowest BCUT2D eigenvalue weighted by Crippen LogP contribution is -3.14. The van der Waals surface area contributed by atoms with Crippen molar-refractivity contribution in [1.29, 1.82) is 0 Å². The number of rotatable bonds is 6. The van der Waals surface area contributed by atoms with E-state index in [4.69, 9.17) is 9.47 Å². The van der Waals surface area contributed by atoms with Gasteiger partial charge in [0.15, 0.2) is 6.54 Å². The lowest BCUT2D eigenvalue weighted by Gasteiger charge is -2.28. The summed E-state index contributed by atoms with van der Waals surface area (Å²) >= 11 is 0. The lowest BCUT2D eigenvalue weighted by atomic mass is 9.98. The summed E-state index contributed by atoms with van der Waals surface area (Å²) in [6.07, 6.45) is 1.78. The van der Waals surface area contributed by atoms with Crippen LogP contribution in [0.25, 0.3) is 0 Å². The predicted octanol–water partition coefficient (Wildman–Crippen LogP) is 0.492. The zero-order valence-corrected chi connectivity index (χ0v) is 13.8. The first-order chi connectivity index (χ1) is 11.1. The molecule has 0 aromatic heterocycles. The summed E-state index contributed by atoms with van der Waals surface area (Å²) < 4.78 is 10.3. The van der Waals surface area contributed by atoms with Crippen molar-refractivity contribution in [3.8, 4) is 5.75 Å². The fourth-order valence-corrected chi connectivity index (χ4v) is 2.94. The van der Waals surface area contributed by atoms with Crippen LogP contribution >= 0.6 is 0 Å². The van der Waals surface area contributed by atoms with Gasteiger partial charge in [-0.25, -0.2) is 0 Å². The van der Waals surface area contributed by atoms with Gasteiger partial charge in [-0.3, -0.25) is 9.59 Å². The summed E-state index contributed by atoms with van der Waals surface area (Å²) in [6.45, 7) is 4.10. The second-order valence-corrected chi connectivity index (χ2v) is 5.72. The molecule has 1 aromatic rings. The largest absolute Gasteiger partial charge is 0.495 e. The molecule has 0 radical (unpaired) electrons. The van der Waals surface area contributed by atoms with E-state index in [2.05, 4.69) is 5.32 Å². The summed E-state index contributed by atoms with van der Waals surface area (Å²) in [7, 11) is 1.57. The molecule has 1 unspecified atom stereocenters. The number of carbonyl (C=O) groups excluding carboxylic acids is 2. The Labute approximate surface area is 136 Å². The van der Waals surface area contributed by atoms with Crippen molar-refractivity contribution in [2.45, 2.75) is 19.8 Å². The van der Waals surface area contributed by atoms with Gasteiger partial charge in [0.05, 0.1) is 32.5 Å². The number of methoxy groups -OCH3 is 1. The summed E-state index contributed by atoms with van der Waals surface area (Å²) in [5, 5.41) is 2.88. The van der Waals surface area contributed by atoms with Crippen LogP contribution in [-0.2, 0) is 14.3 Å². The number of amides is 1. The monoisotopic (exact) mass is 321 g/mol. The lowest BCUT2D eigenvalue weighted by molar-refractivity contribution is -0.899. The Morgan fingerprint density at radius 3 is 2.87 bits per heavy atom. The smallest absolute Gasteiger partial charge is 0.314 e. The van der Waals surface area contributed by atoms with Crippen LogP contribution in [0, 0.1) is 5.92 Å². The fourth-order valence-electron chi connectivity index (χ4n) is 2.94. The van der Waals surface area contributed by atoms with Crippen molar-refractivity contribution in [2.75, 3.05) is 38.7 Å². The third-order valence-electron chi connectivity index (χ3n) is 4.03. The number of hydrogen-bond acceptors (Lipinski definition) is 4. The molecule has 1 saturated heterocycles. The number of para-hydroxylation sites is 2. The Morgan fingerprint density at radius 1 is 1.35 bits per heavy atom. The molecule has 2 atom stereocenters. The van der Waals surface area contributed by atoms with Crippen LogP contribution in [0.15, 0.2) is 24.3 Å². The minimum Gasteiger partial charge on any atom is -0.495 e. The Hall–Kier alpha value is -2.08. The Bertz CT molecular complexity index is 547. The minimum atomic E-state index is -0.144. The van der Waals surface area contributed by atoms with E-state index in [1.165, 1.54) is 0 Å². The van der Waals surface area contributed by atoms with Crippen LogP contribution in [0.4, 0.5) is 5.69 Å². The number of esters is 1. The maximum absolute atomic E-state index is 12.2. The standard InChI is InChI=1S/C17H24N2O4/c1-3-23-17(21)13-7-6-10-19(11-13)12-16(20)18-14-8-4-5-9-15(14)22-2/h4-5,8-9,13H,3,6-7,10-12H2,1-2H3,(H,18,20)/p+1/t13-/m1/s1. The van der Waals surface area contributed by atoms with Gasteiger partial charge in [0, 0.05) is 0 Å². The van der Waals surface area contributed by atoms with E-state index >= 15 is 0 Å². The van der Waals surface area contributed by atoms with E-state index in [-0.39, 0.29) is 17.8 Å². The molecule has 0 aliphatic carbocycles. The molecule has 1 aliphatic heterocycles. The minimum absolute atomic E-state index is 0.0750. The van der Waals surface area contributed by atoms with Crippen LogP contribution in [0.5, 0.6) is 5.75 Å². The molecule has 126 valence electrons. The molecule has 2 rings (SSSR count). The molecule has 0 spiro atoms. The average molecular weight is 321 g/mol. The van der Waals surface area contributed by atoms with Gasteiger partial charge >= 0.3 is 5.97 Å². The molecule has 2 N–H and O–H groups in total. The Morgan fingerprint density at radius 2 is 2.13 bits per heavy atom. The SMILES string of the molecule is CCOC(=O)[C@@H]1CCC[NH+](CC(=O)Nc2ccccc2OC)C1. The summed E-state index contributed by atoms with van der Waals surface area (Å²) in [5.74, 6) is 0.320. The van der Waals surface area contributed by atoms with E-state index in [9.17, 15) is 9.59 Å². The van der Waals surface area contributed by atoms with Gasteiger partial charge in [-0.15, -0.1) is 0 Å². The average Bonchev–Trinajstić information content (AvgIpc) is 2.55. The summed E-state index contributed by atoms with van der Waals surface area (Å²) in [6, 6.07) is 7.32. The summed E-state index contributed by atoms with van der Waals surface area (Å²) in [5.41, 5.74) is 0.665. The zero-order valence-electron chi connectivity index (χ0n) is 13.8. The number of hydrogen-bond donors (Lipinski definition) is 2. The highest BCUT2D eigenvalue weighted by molar-refractivity contribution is 5.92. The molecule has 1 aliphatic rings. The van der Waals surface area contributed by atoms with E-state index in [1.54, 1.807) is 13.2 Å². The van der Waals surface area contributed by atoms with E-state index in [1.807, 2.05) is 25.1 Å². The van der Waals surface area contributed by atoms with Gasteiger partial charge < -0.3 is 19.7 Å². The topological polar surface area (TPSA) is 69.1 Å². The quantitative estimate of drug-likeness (QED) is 0.748. The third kappa shape index (κ3) is 4.96. The molecular weight excluding hydrogens is 296 g/mol. The Kier molecular flexibility index (Phi) is 6.40. The molecule has 1 amide bonds.